The van der Waals surface area contributed by atoms with Crippen LogP contribution in [0.25, 0.3) is 0 Å². The van der Waals surface area contributed by atoms with E-state index in [9.17, 15) is 22.8 Å². The lowest BCUT2D eigenvalue weighted by Crippen LogP contribution is -2.25. The fraction of sp³-hybridized carbons (Fsp3) is 0.385. The van der Waals surface area contributed by atoms with Crippen LogP contribution in [0.4, 0.5) is 13.2 Å². The van der Waals surface area contributed by atoms with E-state index in [1.165, 1.54) is 12.1 Å². The number of rotatable bonds is 5. The zero-order valence-electron chi connectivity index (χ0n) is 10.2. The van der Waals surface area contributed by atoms with Crippen LogP contribution in [0.2, 0.25) is 0 Å². The first kappa shape index (κ1) is 15.2. The SMILES string of the molecule is CCC(=O)C(Cc1ccc(C(F)(F)F)cc1)C(=O)O. The third-order valence-electron chi connectivity index (χ3n) is 2.76. The van der Waals surface area contributed by atoms with E-state index < -0.39 is 29.4 Å². The summed E-state index contributed by atoms with van der Waals surface area (Å²) in [6, 6.07) is 4.15. The summed E-state index contributed by atoms with van der Waals surface area (Å²) in [5, 5.41) is 8.92. The van der Waals surface area contributed by atoms with Crippen molar-refractivity contribution in [3.05, 3.63) is 35.4 Å². The van der Waals surface area contributed by atoms with Crippen LogP contribution in [-0.4, -0.2) is 16.9 Å². The van der Waals surface area contributed by atoms with Crippen LogP contribution < -0.4 is 0 Å². The molecule has 0 spiro atoms. The second-order valence-corrected chi connectivity index (χ2v) is 4.11. The number of carboxylic acid groups (broad SMARTS) is 1. The summed E-state index contributed by atoms with van der Waals surface area (Å²) in [7, 11) is 0. The van der Waals surface area contributed by atoms with Crippen molar-refractivity contribution in [1.29, 1.82) is 0 Å². The van der Waals surface area contributed by atoms with Crippen LogP contribution in [0.5, 0.6) is 0 Å². The van der Waals surface area contributed by atoms with E-state index in [0.717, 1.165) is 12.1 Å². The van der Waals surface area contributed by atoms with Crippen LogP contribution in [0.15, 0.2) is 24.3 Å². The Bertz CT molecular complexity index is 463. The first-order valence-electron chi connectivity index (χ1n) is 5.67. The van der Waals surface area contributed by atoms with Gasteiger partial charge in [-0.1, -0.05) is 19.1 Å². The molecule has 0 aliphatic heterocycles. The quantitative estimate of drug-likeness (QED) is 0.840. The minimum absolute atomic E-state index is 0.0810. The average molecular weight is 274 g/mol. The first-order valence-corrected chi connectivity index (χ1v) is 5.67. The fourth-order valence-electron chi connectivity index (χ4n) is 1.65. The molecule has 1 unspecified atom stereocenters. The number of ketones is 1. The average Bonchev–Trinajstić information content (AvgIpc) is 2.34. The molecule has 0 saturated carbocycles. The highest BCUT2D eigenvalue weighted by molar-refractivity contribution is 5.98. The zero-order chi connectivity index (χ0) is 14.6. The Hall–Kier alpha value is -1.85. The van der Waals surface area contributed by atoms with Crippen molar-refractivity contribution in [2.75, 3.05) is 0 Å². The molecule has 19 heavy (non-hydrogen) atoms. The molecule has 0 saturated heterocycles. The number of carbonyl (C=O) groups excluding carboxylic acids is 1. The fourth-order valence-corrected chi connectivity index (χ4v) is 1.65. The van der Waals surface area contributed by atoms with Gasteiger partial charge in [0.05, 0.1) is 5.56 Å². The first-order chi connectivity index (χ1) is 8.75. The lowest BCUT2D eigenvalue weighted by atomic mass is 9.93. The van der Waals surface area contributed by atoms with Gasteiger partial charge in [0, 0.05) is 6.42 Å². The topological polar surface area (TPSA) is 54.4 Å². The molecule has 0 aliphatic rings. The van der Waals surface area contributed by atoms with E-state index in [1.807, 2.05) is 0 Å². The number of hydrogen-bond acceptors (Lipinski definition) is 2. The molecular weight excluding hydrogens is 261 g/mol. The molecule has 6 heteroatoms. The van der Waals surface area contributed by atoms with Crippen LogP contribution in [0, 0.1) is 5.92 Å². The Balaban J connectivity index is 2.87. The Morgan fingerprint density at radius 3 is 2.11 bits per heavy atom. The Morgan fingerprint density at radius 1 is 1.21 bits per heavy atom. The van der Waals surface area contributed by atoms with Crippen molar-refractivity contribution < 1.29 is 27.9 Å². The van der Waals surface area contributed by atoms with Crippen molar-refractivity contribution in [2.45, 2.75) is 25.9 Å². The highest BCUT2D eigenvalue weighted by atomic mass is 19.4. The van der Waals surface area contributed by atoms with E-state index in [-0.39, 0.29) is 12.8 Å². The highest BCUT2D eigenvalue weighted by Gasteiger charge is 2.30. The minimum atomic E-state index is -4.43. The van der Waals surface area contributed by atoms with Gasteiger partial charge in [-0.15, -0.1) is 0 Å². The molecule has 0 aliphatic carbocycles. The van der Waals surface area contributed by atoms with E-state index in [1.54, 1.807) is 6.92 Å². The number of halogens is 3. The number of Topliss-reactive ketones (excluding diaryl/α,β-unsaturated/α-hetero) is 1. The standard InChI is InChI=1S/C13H13F3O3/c1-2-11(17)10(12(18)19)7-8-3-5-9(6-4-8)13(14,15)16/h3-6,10H,2,7H2,1H3,(H,18,19). The molecule has 0 fully saturated rings. The molecule has 1 N–H and O–H groups in total. The molecule has 0 heterocycles. The Labute approximate surface area is 108 Å². The van der Waals surface area contributed by atoms with Crippen LogP contribution in [0.3, 0.4) is 0 Å². The molecule has 1 rings (SSSR count). The summed E-state index contributed by atoms with van der Waals surface area (Å²) in [5.74, 6) is -2.90. The molecule has 1 aromatic carbocycles. The van der Waals surface area contributed by atoms with Crippen LogP contribution in [0.1, 0.15) is 24.5 Å². The summed E-state index contributed by atoms with van der Waals surface area (Å²) in [4.78, 5) is 22.4. The van der Waals surface area contributed by atoms with Crippen LogP contribution >= 0.6 is 0 Å². The lowest BCUT2D eigenvalue weighted by Gasteiger charge is -2.11. The summed E-state index contributed by atoms with van der Waals surface area (Å²) in [5.41, 5.74) is -0.410. The second kappa shape index (κ2) is 5.86. The molecule has 3 nitrogen and oxygen atoms in total. The summed E-state index contributed by atoms with van der Waals surface area (Å²) < 4.78 is 37.0. The number of carbonyl (C=O) groups is 2. The molecule has 0 radical (unpaired) electrons. The lowest BCUT2D eigenvalue weighted by molar-refractivity contribution is -0.146. The summed E-state index contributed by atoms with van der Waals surface area (Å²) in [6.07, 6.45) is -4.44. The molecular formula is C13H13F3O3. The molecule has 104 valence electrons. The minimum Gasteiger partial charge on any atom is -0.481 e. The summed E-state index contributed by atoms with van der Waals surface area (Å²) in [6.45, 7) is 1.55. The Morgan fingerprint density at radius 2 is 1.74 bits per heavy atom. The highest BCUT2D eigenvalue weighted by Crippen LogP contribution is 2.29. The maximum atomic E-state index is 12.3. The van der Waals surface area contributed by atoms with Gasteiger partial charge >= 0.3 is 12.1 Å². The zero-order valence-corrected chi connectivity index (χ0v) is 10.2. The van der Waals surface area contributed by atoms with Gasteiger partial charge in [-0.2, -0.15) is 13.2 Å². The van der Waals surface area contributed by atoms with Gasteiger partial charge in [0.25, 0.3) is 0 Å². The number of carboxylic acids is 1. The molecule has 1 atom stereocenters. The Kier molecular flexibility index (Phi) is 4.69. The van der Waals surface area contributed by atoms with Gasteiger partial charge in [-0.05, 0) is 24.1 Å². The van der Waals surface area contributed by atoms with Gasteiger partial charge < -0.3 is 5.11 Å². The molecule has 1 aromatic rings. The monoisotopic (exact) mass is 274 g/mol. The van der Waals surface area contributed by atoms with E-state index in [2.05, 4.69) is 0 Å². The molecule has 0 aromatic heterocycles. The van der Waals surface area contributed by atoms with Crippen molar-refractivity contribution in [1.82, 2.24) is 0 Å². The normalized spacial score (nSPS) is 13.1. The van der Waals surface area contributed by atoms with E-state index in [0.29, 0.717) is 5.56 Å². The van der Waals surface area contributed by atoms with Gasteiger partial charge in [0.1, 0.15) is 11.7 Å². The van der Waals surface area contributed by atoms with E-state index >= 15 is 0 Å². The maximum absolute atomic E-state index is 12.3. The third kappa shape index (κ3) is 4.08. The number of alkyl halides is 3. The van der Waals surface area contributed by atoms with Gasteiger partial charge in [-0.25, -0.2) is 0 Å². The van der Waals surface area contributed by atoms with Crippen molar-refractivity contribution >= 4 is 11.8 Å². The van der Waals surface area contributed by atoms with Crippen molar-refractivity contribution in [3.63, 3.8) is 0 Å². The van der Waals surface area contributed by atoms with Gasteiger partial charge in [0.15, 0.2) is 0 Å². The second-order valence-electron chi connectivity index (χ2n) is 4.11. The van der Waals surface area contributed by atoms with E-state index in [4.69, 9.17) is 5.11 Å². The van der Waals surface area contributed by atoms with Crippen LogP contribution in [-0.2, 0) is 22.2 Å². The van der Waals surface area contributed by atoms with Crippen molar-refractivity contribution in [2.24, 2.45) is 5.92 Å². The molecule has 0 bridgehead atoms. The number of hydrogen-bond donors (Lipinski definition) is 1. The predicted octanol–water partition coefficient (Wildman–Crippen LogP) is 2.93. The predicted molar refractivity (Wildman–Crippen MR) is 61.6 cm³/mol. The van der Waals surface area contributed by atoms with Crippen molar-refractivity contribution in [3.8, 4) is 0 Å². The maximum Gasteiger partial charge on any atom is 0.416 e. The smallest absolute Gasteiger partial charge is 0.416 e. The third-order valence-corrected chi connectivity index (χ3v) is 2.76. The molecule has 0 amide bonds. The van der Waals surface area contributed by atoms with Gasteiger partial charge in [0.2, 0.25) is 0 Å². The number of benzene rings is 1. The summed E-state index contributed by atoms with van der Waals surface area (Å²) >= 11 is 0. The number of aliphatic carboxylic acids is 1. The van der Waals surface area contributed by atoms with Gasteiger partial charge in [-0.3, -0.25) is 9.59 Å². The largest absolute Gasteiger partial charge is 0.481 e.